The van der Waals surface area contributed by atoms with Crippen molar-refractivity contribution in [2.24, 2.45) is 0 Å². The van der Waals surface area contributed by atoms with Crippen molar-refractivity contribution in [2.45, 2.75) is 26.7 Å². The lowest BCUT2D eigenvalue weighted by molar-refractivity contribution is -0.142. The summed E-state index contributed by atoms with van der Waals surface area (Å²) in [5.41, 5.74) is 0. The second-order valence-electron chi connectivity index (χ2n) is 2.39. The van der Waals surface area contributed by atoms with Crippen LogP contribution in [0.25, 0.3) is 0 Å². The molecule has 2 nitrogen and oxygen atoms in total. The molecule has 0 spiro atoms. The summed E-state index contributed by atoms with van der Waals surface area (Å²) in [5.74, 6) is -0.123. The molecule has 0 aliphatic rings. The molecule has 68 valence electrons. The summed E-state index contributed by atoms with van der Waals surface area (Å²) in [5, 5.41) is 0. The van der Waals surface area contributed by atoms with Crippen molar-refractivity contribution in [3.63, 3.8) is 0 Å². The van der Waals surface area contributed by atoms with Gasteiger partial charge in [0.25, 0.3) is 0 Å². The molecule has 0 saturated heterocycles. The average molecular weight is 168 g/mol. The maximum atomic E-state index is 10.8. The number of carbonyl (C=O) groups is 1. The van der Waals surface area contributed by atoms with E-state index >= 15 is 0 Å². The molecule has 0 atom stereocenters. The van der Waals surface area contributed by atoms with Gasteiger partial charge in [-0.3, -0.25) is 4.79 Å². The van der Waals surface area contributed by atoms with Gasteiger partial charge in [-0.1, -0.05) is 25.2 Å². The largest absolute Gasteiger partial charge is 0.461 e. The standard InChI is InChI=1S/C10H16O2/c1-3-5-6-7-9-12-10(11)8-4-2/h3,5-7H,4,8-9H2,1-2H3/b5-3+,7-6-. The van der Waals surface area contributed by atoms with Crippen LogP contribution in [-0.4, -0.2) is 12.6 Å². The van der Waals surface area contributed by atoms with Gasteiger partial charge in [-0.15, -0.1) is 0 Å². The summed E-state index contributed by atoms with van der Waals surface area (Å²) in [6.07, 6.45) is 8.85. The Hall–Kier alpha value is -1.05. The summed E-state index contributed by atoms with van der Waals surface area (Å²) in [7, 11) is 0. The van der Waals surface area contributed by atoms with Gasteiger partial charge in [0.1, 0.15) is 6.61 Å². The maximum Gasteiger partial charge on any atom is 0.306 e. The van der Waals surface area contributed by atoms with Crippen molar-refractivity contribution < 1.29 is 9.53 Å². The zero-order chi connectivity index (χ0) is 9.23. The SMILES string of the molecule is C/C=C/C=C\COC(=O)CCC. The highest BCUT2D eigenvalue weighted by molar-refractivity contribution is 5.69. The quantitative estimate of drug-likeness (QED) is 0.465. The van der Waals surface area contributed by atoms with E-state index in [0.717, 1.165) is 6.42 Å². The van der Waals surface area contributed by atoms with Gasteiger partial charge in [0.15, 0.2) is 0 Å². The van der Waals surface area contributed by atoms with Crippen LogP contribution < -0.4 is 0 Å². The fourth-order valence-electron chi connectivity index (χ4n) is 0.663. The molecule has 12 heavy (non-hydrogen) atoms. The first-order valence-electron chi connectivity index (χ1n) is 4.24. The Morgan fingerprint density at radius 3 is 2.75 bits per heavy atom. The van der Waals surface area contributed by atoms with Crippen molar-refractivity contribution in [1.29, 1.82) is 0 Å². The Balaban J connectivity index is 3.36. The van der Waals surface area contributed by atoms with Crippen LogP contribution in [0.3, 0.4) is 0 Å². The summed E-state index contributed by atoms with van der Waals surface area (Å²) >= 11 is 0. The maximum absolute atomic E-state index is 10.8. The molecule has 0 aromatic rings. The van der Waals surface area contributed by atoms with Crippen LogP contribution in [0.4, 0.5) is 0 Å². The van der Waals surface area contributed by atoms with Crippen molar-refractivity contribution in [3.05, 3.63) is 24.3 Å². The average Bonchev–Trinajstić information content (AvgIpc) is 2.05. The smallest absolute Gasteiger partial charge is 0.306 e. The predicted octanol–water partition coefficient (Wildman–Crippen LogP) is 2.46. The van der Waals surface area contributed by atoms with Gasteiger partial charge < -0.3 is 4.74 Å². The molecule has 0 rings (SSSR count). The molecule has 0 saturated carbocycles. The topological polar surface area (TPSA) is 26.3 Å². The fourth-order valence-corrected chi connectivity index (χ4v) is 0.663. The molecule has 0 amide bonds. The van der Waals surface area contributed by atoms with Crippen LogP contribution >= 0.6 is 0 Å². The third-order valence-corrected chi connectivity index (χ3v) is 1.23. The van der Waals surface area contributed by atoms with E-state index in [0.29, 0.717) is 13.0 Å². The van der Waals surface area contributed by atoms with Crippen molar-refractivity contribution >= 4 is 5.97 Å². The number of ether oxygens (including phenoxy) is 1. The number of rotatable bonds is 5. The molecule has 2 heteroatoms. The van der Waals surface area contributed by atoms with Crippen LogP contribution in [0.1, 0.15) is 26.7 Å². The zero-order valence-corrected chi connectivity index (χ0v) is 7.75. The highest BCUT2D eigenvalue weighted by Crippen LogP contribution is 1.91. The molecule has 0 bridgehead atoms. The van der Waals surface area contributed by atoms with E-state index in [2.05, 4.69) is 0 Å². The Morgan fingerprint density at radius 1 is 1.42 bits per heavy atom. The molecule has 0 aliphatic heterocycles. The summed E-state index contributed by atoms with van der Waals surface area (Å²) in [6, 6.07) is 0. The normalized spacial score (nSPS) is 11.2. The van der Waals surface area contributed by atoms with Crippen LogP contribution in [-0.2, 0) is 9.53 Å². The van der Waals surface area contributed by atoms with Gasteiger partial charge in [0, 0.05) is 6.42 Å². The number of carbonyl (C=O) groups excluding carboxylic acids is 1. The first-order valence-corrected chi connectivity index (χ1v) is 4.24. The Labute approximate surface area is 73.9 Å². The fraction of sp³-hybridized carbons (Fsp3) is 0.500. The van der Waals surface area contributed by atoms with E-state index in [1.54, 1.807) is 0 Å². The molecule has 0 N–H and O–H groups in total. The molecule has 0 radical (unpaired) electrons. The lowest BCUT2D eigenvalue weighted by Crippen LogP contribution is -2.02. The Bertz CT molecular complexity index is 169. The van der Waals surface area contributed by atoms with E-state index in [4.69, 9.17) is 4.74 Å². The van der Waals surface area contributed by atoms with Crippen molar-refractivity contribution in [2.75, 3.05) is 6.61 Å². The van der Waals surface area contributed by atoms with Crippen LogP contribution in [0.5, 0.6) is 0 Å². The molecule has 0 fully saturated rings. The predicted molar refractivity (Wildman–Crippen MR) is 49.8 cm³/mol. The van der Waals surface area contributed by atoms with Crippen molar-refractivity contribution in [1.82, 2.24) is 0 Å². The van der Waals surface area contributed by atoms with Gasteiger partial charge in [-0.05, 0) is 19.4 Å². The Morgan fingerprint density at radius 2 is 2.17 bits per heavy atom. The minimum atomic E-state index is -0.123. The second kappa shape index (κ2) is 8.05. The van der Waals surface area contributed by atoms with Gasteiger partial charge in [-0.2, -0.15) is 0 Å². The monoisotopic (exact) mass is 168 g/mol. The minimum absolute atomic E-state index is 0.123. The van der Waals surface area contributed by atoms with Crippen LogP contribution in [0.15, 0.2) is 24.3 Å². The van der Waals surface area contributed by atoms with Crippen LogP contribution in [0.2, 0.25) is 0 Å². The van der Waals surface area contributed by atoms with Gasteiger partial charge in [0.2, 0.25) is 0 Å². The zero-order valence-electron chi connectivity index (χ0n) is 7.75. The number of hydrogen-bond acceptors (Lipinski definition) is 2. The highest BCUT2D eigenvalue weighted by Gasteiger charge is 1.96. The third kappa shape index (κ3) is 7.06. The van der Waals surface area contributed by atoms with Gasteiger partial charge in [-0.25, -0.2) is 0 Å². The number of hydrogen-bond donors (Lipinski definition) is 0. The number of esters is 1. The van der Waals surface area contributed by atoms with E-state index in [9.17, 15) is 4.79 Å². The second-order valence-corrected chi connectivity index (χ2v) is 2.39. The molecular formula is C10H16O2. The summed E-state index contributed by atoms with van der Waals surface area (Å²) in [6.45, 7) is 4.27. The lowest BCUT2D eigenvalue weighted by atomic mass is 10.3. The number of allylic oxidation sites excluding steroid dienone is 3. The third-order valence-electron chi connectivity index (χ3n) is 1.23. The first-order chi connectivity index (χ1) is 5.81. The van der Waals surface area contributed by atoms with E-state index in [-0.39, 0.29) is 5.97 Å². The molecule has 0 heterocycles. The molecule has 0 aliphatic carbocycles. The summed E-state index contributed by atoms with van der Waals surface area (Å²) < 4.78 is 4.87. The summed E-state index contributed by atoms with van der Waals surface area (Å²) in [4.78, 5) is 10.8. The minimum Gasteiger partial charge on any atom is -0.461 e. The molecule has 0 aromatic heterocycles. The van der Waals surface area contributed by atoms with E-state index in [1.807, 2.05) is 38.2 Å². The molecular weight excluding hydrogens is 152 g/mol. The van der Waals surface area contributed by atoms with Gasteiger partial charge >= 0.3 is 5.97 Å². The van der Waals surface area contributed by atoms with Crippen molar-refractivity contribution in [3.8, 4) is 0 Å². The molecule has 0 unspecified atom stereocenters. The first kappa shape index (κ1) is 11.0. The Kier molecular flexibility index (Phi) is 7.35. The molecule has 0 aromatic carbocycles. The van der Waals surface area contributed by atoms with Gasteiger partial charge in [0.05, 0.1) is 0 Å². The van der Waals surface area contributed by atoms with E-state index in [1.165, 1.54) is 0 Å². The van der Waals surface area contributed by atoms with Crippen LogP contribution in [0, 0.1) is 0 Å². The van der Waals surface area contributed by atoms with E-state index < -0.39 is 0 Å². The highest BCUT2D eigenvalue weighted by atomic mass is 16.5. The lowest BCUT2D eigenvalue weighted by Gasteiger charge is -1.97.